The first-order chi connectivity index (χ1) is 6.36. The monoisotopic (exact) mass is 217 g/mol. The third-order valence-corrected chi connectivity index (χ3v) is 4.99. The lowest BCUT2D eigenvalue weighted by atomic mass is 9.82. The summed E-state index contributed by atoms with van der Waals surface area (Å²) in [6.07, 6.45) is 2.27. The predicted molar refractivity (Wildman–Crippen MR) is 46.6 cm³/mol. The van der Waals surface area contributed by atoms with Crippen LogP contribution in [0.25, 0.3) is 0 Å². The Bertz CT molecular complexity index is 438. The molecule has 78 valence electrons. The molecular formula is C8H11NO4S. The highest BCUT2D eigenvalue weighted by molar-refractivity contribution is 7.84. The maximum Gasteiger partial charge on any atom is 0.362 e. The molecule has 1 aliphatic heterocycles. The predicted octanol–water partition coefficient (Wildman–Crippen LogP) is 0.190. The van der Waals surface area contributed by atoms with Gasteiger partial charge in [-0.05, 0) is 25.2 Å². The maximum atomic E-state index is 11.6. The fraction of sp³-hybridized carbons (Fsp3) is 0.875. The van der Waals surface area contributed by atoms with Crippen LogP contribution in [0.5, 0.6) is 0 Å². The molecule has 2 saturated carbocycles. The van der Waals surface area contributed by atoms with Gasteiger partial charge < -0.3 is 0 Å². The Morgan fingerprint density at radius 3 is 2.29 bits per heavy atom. The van der Waals surface area contributed by atoms with Gasteiger partial charge in [0, 0.05) is 0 Å². The van der Waals surface area contributed by atoms with Crippen molar-refractivity contribution < 1.29 is 17.8 Å². The van der Waals surface area contributed by atoms with E-state index >= 15 is 0 Å². The fourth-order valence-electron chi connectivity index (χ4n) is 3.14. The molecule has 6 heteroatoms. The molecule has 3 fully saturated rings. The van der Waals surface area contributed by atoms with Crippen molar-refractivity contribution in [2.24, 2.45) is 11.3 Å². The molecular weight excluding hydrogens is 206 g/mol. The van der Waals surface area contributed by atoms with Gasteiger partial charge in [-0.25, -0.2) is 4.31 Å². The van der Waals surface area contributed by atoms with E-state index in [4.69, 9.17) is 4.55 Å². The number of β-lactam (4-membered cyclic amide) rings is 1. The van der Waals surface area contributed by atoms with E-state index in [1.54, 1.807) is 0 Å². The SMILES string of the molecule is CC1C[C@]12N(S(=O)(=O)O)C(=O)C21CC1. The van der Waals surface area contributed by atoms with Crippen LogP contribution in [-0.2, 0) is 15.1 Å². The normalized spacial score (nSPS) is 42.9. The van der Waals surface area contributed by atoms with Crippen molar-refractivity contribution in [3.05, 3.63) is 0 Å². The summed E-state index contributed by atoms with van der Waals surface area (Å²) < 4.78 is 31.6. The summed E-state index contributed by atoms with van der Waals surface area (Å²) in [6.45, 7) is 1.92. The Balaban J connectivity index is 2.07. The molecule has 2 atom stereocenters. The van der Waals surface area contributed by atoms with Gasteiger partial charge >= 0.3 is 10.3 Å². The first-order valence-electron chi connectivity index (χ1n) is 4.68. The summed E-state index contributed by atoms with van der Waals surface area (Å²) >= 11 is 0. The molecule has 3 rings (SSSR count). The van der Waals surface area contributed by atoms with Crippen LogP contribution in [0.15, 0.2) is 0 Å². The number of fused-ring (bicyclic) bond motifs is 1. The van der Waals surface area contributed by atoms with Crippen LogP contribution in [0.2, 0.25) is 0 Å². The number of hydrogen-bond donors (Lipinski definition) is 1. The molecule has 0 aromatic rings. The zero-order valence-electron chi connectivity index (χ0n) is 7.73. The number of nitrogens with zero attached hydrogens (tertiary/aromatic N) is 1. The largest absolute Gasteiger partial charge is 0.362 e. The molecule has 5 nitrogen and oxygen atoms in total. The minimum absolute atomic E-state index is 0.199. The number of rotatable bonds is 1. The second-order valence-corrected chi connectivity index (χ2v) is 5.92. The number of amides is 1. The van der Waals surface area contributed by atoms with E-state index < -0.39 is 27.2 Å². The fourth-order valence-corrected chi connectivity index (χ4v) is 4.37. The Labute approximate surface area is 82.0 Å². The van der Waals surface area contributed by atoms with E-state index in [1.807, 2.05) is 6.92 Å². The molecule has 0 aromatic heterocycles. The lowest BCUT2D eigenvalue weighted by molar-refractivity contribution is -0.153. The Morgan fingerprint density at radius 2 is 2.00 bits per heavy atom. The van der Waals surface area contributed by atoms with E-state index in [0.29, 0.717) is 10.7 Å². The quantitative estimate of drug-likeness (QED) is 0.502. The van der Waals surface area contributed by atoms with Crippen LogP contribution < -0.4 is 0 Å². The molecule has 1 unspecified atom stereocenters. The van der Waals surface area contributed by atoms with Crippen molar-refractivity contribution in [3.8, 4) is 0 Å². The smallest absolute Gasteiger partial charge is 0.273 e. The third kappa shape index (κ3) is 0.623. The van der Waals surface area contributed by atoms with Crippen molar-refractivity contribution in [1.82, 2.24) is 4.31 Å². The Kier molecular flexibility index (Phi) is 1.15. The molecule has 1 saturated heterocycles. The lowest BCUT2D eigenvalue weighted by Crippen LogP contribution is -2.67. The van der Waals surface area contributed by atoms with Crippen molar-refractivity contribution in [2.75, 3.05) is 0 Å². The summed E-state index contributed by atoms with van der Waals surface area (Å²) in [6, 6.07) is 0. The van der Waals surface area contributed by atoms with Crippen LogP contribution in [-0.4, -0.2) is 28.7 Å². The van der Waals surface area contributed by atoms with Gasteiger partial charge in [0.15, 0.2) is 0 Å². The summed E-state index contributed by atoms with van der Waals surface area (Å²) in [5.74, 6) is -0.200. The standard InChI is InChI=1S/C8H11NO4S/c1-5-4-8(5)7(2-3-7)6(10)9(8)14(11,12)13/h5H,2-4H2,1H3,(H,11,12,13)/t5?,8-/m0/s1. The second kappa shape index (κ2) is 1.86. The van der Waals surface area contributed by atoms with E-state index in [2.05, 4.69) is 0 Å². The molecule has 2 aliphatic carbocycles. The molecule has 2 spiro atoms. The first kappa shape index (κ1) is 8.67. The average Bonchev–Trinajstić information content (AvgIpc) is 2.82. The Morgan fingerprint density at radius 1 is 1.50 bits per heavy atom. The lowest BCUT2D eigenvalue weighted by Gasteiger charge is -2.47. The van der Waals surface area contributed by atoms with Gasteiger partial charge in [-0.1, -0.05) is 6.92 Å². The van der Waals surface area contributed by atoms with Gasteiger partial charge in [0.25, 0.3) is 0 Å². The zero-order chi connectivity index (χ0) is 10.4. The van der Waals surface area contributed by atoms with E-state index in [9.17, 15) is 13.2 Å². The highest BCUT2D eigenvalue weighted by Gasteiger charge is 2.87. The highest BCUT2D eigenvalue weighted by atomic mass is 32.2. The average molecular weight is 217 g/mol. The summed E-state index contributed by atoms with van der Waals surface area (Å²) in [4.78, 5) is 11.6. The molecule has 0 bridgehead atoms. The zero-order valence-corrected chi connectivity index (χ0v) is 8.54. The molecule has 1 heterocycles. The van der Waals surface area contributed by atoms with E-state index in [1.165, 1.54) is 0 Å². The molecule has 1 N–H and O–H groups in total. The van der Waals surface area contributed by atoms with Crippen LogP contribution in [0.3, 0.4) is 0 Å². The first-order valence-corrected chi connectivity index (χ1v) is 6.08. The van der Waals surface area contributed by atoms with Gasteiger partial charge in [0.2, 0.25) is 5.91 Å². The van der Waals surface area contributed by atoms with E-state index in [-0.39, 0.29) is 5.92 Å². The number of hydrogen-bond acceptors (Lipinski definition) is 3. The van der Waals surface area contributed by atoms with Crippen LogP contribution in [0.1, 0.15) is 26.2 Å². The summed E-state index contributed by atoms with van der Waals surface area (Å²) in [5.41, 5.74) is -0.958. The summed E-state index contributed by atoms with van der Waals surface area (Å²) in [7, 11) is -4.34. The van der Waals surface area contributed by atoms with Crippen molar-refractivity contribution >= 4 is 16.2 Å². The van der Waals surface area contributed by atoms with Gasteiger partial charge in [-0.2, -0.15) is 8.42 Å². The molecule has 0 aromatic carbocycles. The number of carbonyl (C=O) groups excluding carboxylic acids is 1. The van der Waals surface area contributed by atoms with Crippen molar-refractivity contribution in [1.29, 1.82) is 0 Å². The van der Waals surface area contributed by atoms with Gasteiger partial charge in [-0.3, -0.25) is 9.35 Å². The number of carbonyl (C=O) groups is 1. The topological polar surface area (TPSA) is 74.7 Å². The molecule has 1 amide bonds. The van der Waals surface area contributed by atoms with E-state index in [0.717, 1.165) is 12.8 Å². The molecule has 3 aliphatic rings. The van der Waals surface area contributed by atoms with Crippen LogP contribution >= 0.6 is 0 Å². The van der Waals surface area contributed by atoms with Gasteiger partial charge in [-0.15, -0.1) is 0 Å². The van der Waals surface area contributed by atoms with Crippen LogP contribution in [0, 0.1) is 11.3 Å². The second-order valence-electron chi connectivity index (χ2n) is 4.66. The Hall–Kier alpha value is -0.620. The minimum Gasteiger partial charge on any atom is -0.273 e. The van der Waals surface area contributed by atoms with Crippen molar-refractivity contribution in [3.63, 3.8) is 0 Å². The van der Waals surface area contributed by atoms with Gasteiger partial charge in [0.05, 0.1) is 11.0 Å². The van der Waals surface area contributed by atoms with Gasteiger partial charge in [0.1, 0.15) is 0 Å². The molecule has 0 radical (unpaired) electrons. The maximum absolute atomic E-state index is 11.6. The van der Waals surface area contributed by atoms with Crippen LogP contribution in [0.4, 0.5) is 0 Å². The highest BCUT2D eigenvalue weighted by Crippen LogP contribution is 2.77. The molecule has 14 heavy (non-hydrogen) atoms. The minimum atomic E-state index is -4.34. The third-order valence-electron chi connectivity index (χ3n) is 4.04. The summed E-state index contributed by atoms with van der Waals surface area (Å²) in [5, 5.41) is 0. The van der Waals surface area contributed by atoms with Crippen molar-refractivity contribution in [2.45, 2.75) is 31.7 Å².